The number of carbonyl (C=O) groups is 1. The molecule has 0 aromatic rings. The van der Waals surface area contributed by atoms with Crippen LogP contribution in [0.2, 0.25) is 0 Å². The van der Waals surface area contributed by atoms with Gasteiger partial charge in [-0.25, -0.2) is 0 Å². The average molecular weight is 257 g/mol. The molecule has 0 saturated heterocycles. The fourth-order valence-electron chi connectivity index (χ4n) is 2.45. The van der Waals surface area contributed by atoms with E-state index in [1.165, 1.54) is 25.7 Å². The van der Waals surface area contributed by atoms with Crippen LogP contribution in [0.3, 0.4) is 0 Å². The third-order valence-electron chi connectivity index (χ3n) is 3.59. The maximum absolute atomic E-state index is 10.5. The zero-order valence-electron chi connectivity index (χ0n) is 11.5. The molecule has 1 saturated carbocycles. The van der Waals surface area contributed by atoms with Crippen molar-refractivity contribution in [3.05, 3.63) is 0 Å². The summed E-state index contributed by atoms with van der Waals surface area (Å²) in [6.07, 6.45) is 6.18. The fourth-order valence-corrected chi connectivity index (χ4v) is 2.45. The van der Waals surface area contributed by atoms with Gasteiger partial charge in [-0.15, -0.1) is 0 Å². The Morgan fingerprint density at radius 2 is 1.67 bits per heavy atom. The van der Waals surface area contributed by atoms with Crippen LogP contribution in [0, 0.1) is 11.8 Å². The lowest BCUT2D eigenvalue weighted by Gasteiger charge is -2.28. The van der Waals surface area contributed by atoms with E-state index in [1.54, 1.807) is 0 Å². The maximum Gasteiger partial charge on any atom is 0.217 e. The molecule has 1 aliphatic rings. The molecule has 18 heavy (non-hydrogen) atoms. The number of primary amides is 1. The van der Waals surface area contributed by atoms with Crippen LogP contribution in [0.25, 0.3) is 0 Å². The van der Waals surface area contributed by atoms with Gasteiger partial charge in [0, 0.05) is 32.8 Å². The molecule has 0 unspecified atom stereocenters. The van der Waals surface area contributed by atoms with E-state index in [2.05, 4.69) is 0 Å². The first-order chi connectivity index (χ1) is 8.72. The second-order valence-corrected chi connectivity index (χ2v) is 5.19. The van der Waals surface area contributed by atoms with Gasteiger partial charge in [-0.2, -0.15) is 0 Å². The van der Waals surface area contributed by atoms with E-state index in [0.29, 0.717) is 18.9 Å². The van der Waals surface area contributed by atoms with Crippen LogP contribution in [-0.4, -0.2) is 32.3 Å². The van der Waals surface area contributed by atoms with Crippen molar-refractivity contribution in [1.29, 1.82) is 0 Å². The van der Waals surface area contributed by atoms with Crippen molar-refractivity contribution >= 4 is 5.91 Å². The minimum absolute atomic E-state index is 0.241. The molecule has 1 fully saturated rings. The Bertz CT molecular complexity index is 225. The maximum atomic E-state index is 10.5. The van der Waals surface area contributed by atoms with Gasteiger partial charge in [0.1, 0.15) is 0 Å². The van der Waals surface area contributed by atoms with Crippen molar-refractivity contribution in [3.63, 3.8) is 0 Å². The lowest BCUT2D eigenvalue weighted by molar-refractivity contribution is -0.118. The first-order valence-corrected chi connectivity index (χ1v) is 7.16. The Hall–Kier alpha value is -0.610. The Balaban J connectivity index is 1.97. The number of nitrogens with two attached hydrogens (primary N) is 1. The van der Waals surface area contributed by atoms with Crippen LogP contribution >= 0.6 is 0 Å². The second-order valence-electron chi connectivity index (χ2n) is 5.19. The van der Waals surface area contributed by atoms with Gasteiger partial charge in [0.05, 0.1) is 0 Å². The van der Waals surface area contributed by atoms with E-state index in [9.17, 15) is 4.79 Å². The van der Waals surface area contributed by atoms with E-state index in [1.807, 2.05) is 6.92 Å². The lowest BCUT2D eigenvalue weighted by atomic mass is 9.83. The highest BCUT2D eigenvalue weighted by Gasteiger charge is 2.21. The van der Waals surface area contributed by atoms with E-state index >= 15 is 0 Å². The van der Waals surface area contributed by atoms with E-state index in [-0.39, 0.29) is 5.91 Å². The monoisotopic (exact) mass is 257 g/mol. The van der Waals surface area contributed by atoms with Crippen LogP contribution in [0.15, 0.2) is 0 Å². The van der Waals surface area contributed by atoms with Gasteiger partial charge in [-0.1, -0.05) is 0 Å². The quantitative estimate of drug-likeness (QED) is 0.643. The van der Waals surface area contributed by atoms with Crippen LogP contribution in [-0.2, 0) is 14.3 Å². The Kier molecular flexibility index (Phi) is 8.01. The number of hydrogen-bond acceptors (Lipinski definition) is 3. The van der Waals surface area contributed by atoms with Gasteiger partial charge in [0.15, 0.2) is 0 Å². The van der Waals surface area contributed by atoms with Crippen LogP contribution in [0.5, 0.6) is 0 Å². The average Bonchev–Trinajstić information content (AvgIpc) is 2.37. The third kappa shape index (κ3) is 6.97. The van der Waals surface area contributed by atoms with Crippen molar-refractivity contribution in [2.45, 2.75) is 45.4 Å². The second kappa shape index (κ2) is 9.34. The van der Waals surface area contributed by atoms with Gasteiger partial charge < -0.3 is 15.2 Å². The van der Waals surface area contributed by atoms with Crippen LogP contribution in [0.4, 0.5) is 0 Å². The molecule has 0 atom stereocenters. The molecule has 0 aromatic carbocycles. The zero-order chi connectivity index (χ0) is 13.2. The minimum Gasteiger partial charge on any atom is -0.381 e. The summed E-state index contributed by atoms with van der Waals surface area (Å²) in [7, 11) is 0. The molecule has 1 aliphatic carbocycles. The summed E-state index contributed by atoms with van der Waals surface area (Å²) < 4.78 is 11.1. The molecule has 1 amide bonds. The predicted molar refractivity (Wildman–Crippen MR) is 71.2 cm³/mol. The van der Waals surface area contributed by atoms with Crippen LogP contribution in [0.1, 0.15) is 45.4 Å². The number of amides is 1. The summed E-state index contributed by atoms with van der Waals surface area (Å²) in [4.78, 5) is 10.5. The summed E-state index contributed by atoms with van der Waals surface area (Å²) in [6.45, 7) is 5.28. The minimum atomic E-state index is -0.241. The highest BCUT2D eigenvalue weighted by Crippen LogP contribution is 2.29. The lowest BCUT2D eigenvalue weighted by Crippen LogP contribution is -2.22. The number of carbonyl (C=O) groups excluding carboxylic acids is 1. The predicted octanol–water partition coefficient (Wildman–Crippen LogP) is 2.11. The Labute approximate surface area is 110 Å². The molecule has 4 nitrogen and oxygen atoms in total. The van der Waals surface area contributed by atoms with E-state index < -0.39 is 0 Å². The summed E-state index contributed by atoms with van der Waals surface area (Å²) in [5.74, 6) is 1.20. The first-order valence-electron chi connectivity index (χ1n) is 7.16. The van der Waals surface area contributed by atoms with Crippen LogP contribution < -0.4 is 5.73 Å². The van der Waals surface area contributed by atoms with Crippen molar-refractivity contribution in [1.82, 2.24) is 0 Å². The highest BCUT2D eigenvalue weighted by atomic mass is 16.5. The summed E-state index contributed by atoms with van der Waals surface area (Å²) in [5.41, 5.74) is 5.07. The molecular formula is C14H27NO3. The van der Waals surface area contributed by atoms with E-state index in [0.717, 1.165) is 32.2 Å². The molecule has 0 aliphatic heterocycles. The number of rotatable bonds is 9. The van der Waals surface area contributed by atoms with Crippen molar-refractivity contribution < 1.29 is 14.3 Å². The largest absolute Gasteiger partial charge is 0.381 e. The molecule has 0 aromatic heterocycles. The molecule has 0 radical (unpaired) electrons. The third-order valence-corrected chi connectivity index (χ3v) is 3.59. The van der Waals surface area contributed by atoms with Gasteiger partial charge in [0.25, 0.3) is 0 Å². The van der Waals surface area contributed by atoms with Crippen molar-refractivity contribution in [2.75, 3.05) is 26.4 Å². The molecule has 4 heteroatoms. The Morgan fingerprint density at radius 3 is 2.17 bits per heavy atom. The van der Waals surface area contributed by atoms with Gasteiger partial charge in [0.2, 0.25) is 5.91 Å². The van der Waals surface area contributed by atoms with Crippen molar-refractivity contribution in [3.8, 4) is 0 Å². The molecule has 1 rings (SSSR count). The molecule has 106 valence electrons. The molecule has 0 spiro atoms. The smallest absolute Gasteiger partial charge is 0.217 e. The first kappa shape index (κ1) is 15.4. The highest BCUT2D eigenvalue weighted by molar-refractivity contribution is 5.73. The summed E-state index contributed by atoms with van der Waals surface area (Å²) in [6, 6.07) is 0. The number of ether oxygens (including phenoxy) is 2. The molecule has 0 heterocycles. The van der Waals surface area contributed by atoms with Crippen molar-refractivity contribution in [2.24, 2.45) is 17.6 Å². The normalized spacial score (nSPS) is 24.1. The fraction of sp³-hybridized carbons (Fsp3) is 0.929. The zero-order valence-corrected chi connectivity index (χ0v) is 11.5. The van der Waals surface area contributed by atoms with Gasteiger partial charge in [-0.05, 0) is 50.9 Å². The molecule has 2 N–H and O–H groups in total. The standard InChI is InChI=1S/C14H27NO3/c1-2-17-10-12-5-7-13(8-6-12)11-18-9-3-4-14(15)16/h12-13H,2-11H2,1H3,(H2,15,16). The summed E-state index contributed by atoms with van der Waals surface area (Å²) in [5, 5.41) is 0. The number of hydrogen-bond donors (Lipinski definition) is 1. The molecular weight excluding hydrogens is 230 g/mol. The SMILES string of the molecule is CCOCC1CCC(COCCCC(N)=O)CC1. The van der Waals surface area contributed by atoms with Gasteiger partial charge >= 0.3 is 0 Å². The Morgan fingerprint density at radius 1 is 1.11 bits per heavy atom. The topological polar surface area (TPSA) is 61.6 Å². The van der Waals surface area contributed by atoms with E-state index in [4.69, 9.17) is 15.2 Å². The van der Waals surface area contributed by atoms with Gasteiger partial charge in [-0.3, -0.25) is 4.79 Å². The molecule has 0 bridgehead atoms. The summed E-state index contributed by atoms with van der Waals surface area (Å²) >= 11 is 0.